The Morgan fingerprint density at radius 1 is 0.782 bits per heavy atom. The molecule has 55 heavy (non-hydrogen) atoms. The van der Waals surface area contributed by atoms with Gasteiger partial charge in [-0.1, -0.05) is 110 Å². The first kappa shape index (κ1) is 41.0. The number of benzene rings is 3. The second-order valence-electron chi connectivity index (χ2n) is 15.7. The smallest absolute Gasteiger partial charge is 0.410 e. The molecule has 0 spiro atoms. The number of carbonyl (C=O) groups is 5. The van der Waals surface area contributed by atoms with E-state index in [9.17, 15) is 24.0 Å². The van der Waals surface area contributed by atoms with Crippen molar-refractivity contribution < 1.29 is 33.4 Å². The zero-order chi connectivity index (χ0) is 39.5. The highest BCUT2D eigenvalue weighted by Crippen LogP contribution is 2.32. The highest BCUT2D eigenvalue weighted by molar-refractivity contribution is 5.95. The average molecular weight is 753 g/mol. The van der Waals surface area contributed by atoms with E-state index in [0.29, 0.717) is 19.4 Å². The average Bonchev–Trinajstić information content (AvgIpc) is 3.69. The molecule has 1 saturated heterocycles. The van der Waals surface area contributed by atoms with Gasteiger partial charge < -0.3 is 25.0 Å². The molecule has 11 heteroatoms. The largest absolute Gasteiger partial charge is 0.459 e. The summed E-state index contributed by atoms with van der Waals surface area (Å²) in [5.74, 6) is -2.59. The van der Waals surface area contributed by atoms with Crippen molar-refractivity contribution in [2.45, 2.75) is 115 Å². The lowest BCUT2D eigenvalue weighted by atomic mass is 9.83. The second kappa shape index (κ2) is 18.9. The van der Waals surface area contributed by atoms with Crippen LogP contribution in [0.2, 0.25) is 0 Å². The van der Waals surface area contributed by atoms with E-state index in [-0.39, 0.29) is 18.4 Å². The summed E-state index contributed by atoms with van der Waals surface area (Å²) in [6.45, 7) is 7.21. The topological polar surface area (TPSA) is 134 Å². The molecule has 2 fully saturated rings. The van der Waals surface area contributed by atoms with Crippen LogP contribution in [0.3, 0.4) is 0 Å². The zero-order valence-corrected chi connectivity index (χ0v) is 32.7. The Morgan fingerprint density at radius 3 is 1.91 bits per heavy atom. The van der Waals surface area contributed by atoms with Crippen molar-refractivity contribution in [3.63, 3.8) is 0 Å². The Labute approximate surface area is 325 Å². The maximum Gasteiger partial charge on any atom is 0.410 e. The van der Waals surface area contributed by atoms with E-state index in [1.807, 2.05) is 91.0 Å². The standard InChI is InChI=1S/C44H56N4O7/c1-30(47(5)43(53)55-44(2,3)4)39(49)45-37(34-25-16-9-17-26-34)41(51)48-28-18-27-35(48)40(50)46-38(42(52)54-29-31-19-10-6-11-20-31)36(32-21-12-7-13-22-32)33-23-14-8-15-24-33/h6-8,10-15,19-24,30,34-38H,9,16-18,25-29H2,1-5H3,(H,45,49)(H,46,50)/t30-,35-,37-,38-/m0/s1. The number of hydrogen-bond donors (Lipinski definition) is 2. The first-order chi connectivity index (χ1) is 26.3. The monoisotopic (exact) mass is 752 g/mol. The predicted octanol–water partition coefficient (Wildman–Crippen LogP) is 6.36. The Balaban J connectivity index is 1.40. The van der Waals surface area contributed by atoms with E-state index in [2.05, 4.69) is 10.6 Å². The summed E-state index contributed by atoms with van der Waals surface area (Å²) in [7, 11) is 1.50. The lowest BCUT2D eigenvalue weighted by molar-refractivity contribution is -0.150. The number of amides is 4. The number of carbonyl (C=O) groups excluding carboxylic acids is 5. The van der Waals surface area contributed by atoms with Gasteiger partial charge in [0.25, 0.3) is 0 Å². The van der Waals surface area contributed by atoms with Crippen LogP contribution < -0.4 is 10.6 Å². The molecule has 1 aliphatic heterocycles. The van der Waals surface area contributed by atoms with E-state index >= 15 is 0 Å². The fourth-order valence-electron chi connectivity index (χ4n) is 7.52. The van der Waals surface area contributed by atoms with Gasteiger partial charge in [0.2, 0.25) is 17.7 Å². The summed E-state index contributed by atoms with van der Waals surface area (Å²) >= 11 is 0. The second-order valence-corrected chi connectivity index (χ2v) is 15.7. The minimum atomic E-state index is -1.11. The van der Waals surface area contributed by atoms with E-state index < -0.39 is 59.6 Å². The molecular weight excluding hydrogens is 697 g/mol. The number of hydrogen-bond acceptors (Lipinski definition) is 7. The maximum absolute atomic E-state index is 14.6. The first-order valence-electron chi connectivity index (χ1n) is 19.5. The van der Waals surface area contributed by atoms with Gasteiger partial charge in [0.15, 0.2) is 0 Å². The van der Waals surface area contributed by atoms with Crippen LogP contribution in [-0.2, 0) is 35.3 Å². The molecule has 294 valence electrons. The SMILES string of the molecule is C[C@@H](C(=O)N[C@H](C(=O)N1CCC[C@H]1C(=O)N[C@H](C(=O)OCc1ccccc1)C(c1ccccc1)c1ccccc1)C1CCCCC1)N(C)C(=O)OC(C)(C)C. The molecule has 0 radical (unpaired) electrons. The third kappa shape index (κ3) is 11.0. The van der Waals surface area contributed by atoms with E-state index in [1.165, 1.54) is 11.9 Å². The number of rotatable bonds is 13. The highest BCUT2D eigenvalue weighted by atomic mass is 16.6. The first-order valence-corrected chi connectivity index (χ1v) is 19.5. The van der Waals surface area contributed by atoms with Crippen LogP contribution in [0.25, 0.3) is 0 Å². The van der Waals surface area contributed by atoms with Gasteiger partial charge in [-0.25, -0.2) is 9.59 Å². The highest BCUT2D eigenvalue weighted by Gasteiger charge is 2.43. The van der Waals surface area contributed by atoms with Crippen molar-refractivity contribution in [3.05, 3.63) is 108 Å². The molecule has 2 aliphatic rings. The molecule has 1 saturated carbocycles. The minimum Gasteiger partial charge on any atom is -0.459 e. The van der Waals surface area contributed by atoms with Gasteiger partial charge in [0.05, 0.1) is 0 Å². The number of esters is 1. The van der Waals surface area contributed by atoms with Crippen LogP contribution in [0.1, 0.15) is 95.2 Å². The third-order valence-corrected chi connectivity index (χ3v) is 10.6. The van der Waals surface area contributed by atoms with Gasteiger partial charge in [0, 0.05) is 19.5 Å². The quantitative estimate of drug-likeness (QED) is 0.194. The van der Waals surface area contributed by atoms with Crippen LogP contribution in [0, 0.1) is 5.92 Å². The molecule has 0 bridgehead atoms. The van der Waals surface area contributed by atoms with E-state index in [1.54, 1.807) is 32.6 Å². The molecule has 5 rings (SSSR count). The summed E-state index contributed by atoms with van der Waals surface area (Å²) < 4.78 is 11.4. The molecule has 3 aromatic carbocycles. The van der Waals surface area contributed by atoms with Gasteiger partial charge in [-0.3, -0.25) is 19.3 Å². The summed E-state index contributed by atoms with van der Waals surface area (Å²) in [6, 6.07) is 24.6. The number of likely N-dealkylation sites (N-methyl/N-ethyl adjacent to an activating group) is 1. The van der Waals surface area contributed by atoms with Gasteiger partial charge in [0.1, 0.15) is 36.4 Å². The number of nitrogens with zero attached hydrogens (tertiary/aromatic N) is 2. The fraction of sp³-hybridized carbons (Fsp3) is 0.477. The van der Waals surface area contributed by atoms with Crippen molar-refractivity contribution in [2.75, 3.05) is 13.6 Å². The minimum absolute atomic E-state index is 0.0285. The molecule has 4 amide bonds. The molecule has 1 heterocycles. The Bertz CT molecular complexity index is 1700. The molecule has 3 aromatic rings. The normalized spacial score (nSPS) is 17.8. The van der Waals surface area contributed by atoms with Crippen molar-refractivity contribution in [1.82, 2.24) is 20.4 Å². The third-order valence-electron chi connectivity index (χ3n) is 10.6. The van der Waals surface area contributed by atoms with Crippen molar-refractivity contribution in [1.29, 1.82) is 0 Å². The van der Waals surface area contributed by atoms with Crippen LogP contribution in [0.5, 0.6) is 0 Å². The summed E-state index contributed by atoms with van der Waals surface area (Å²) in [5.41, 5.74) is 1.71. The molecule has 0 aromatic heterocycles. The van der Waals surface area contributed by atoms with E-state index in [4.69, 9.17) is 9.47 Å². The van der Waals surface area contributed by atoms with Gasteiger partial charge in [-0.05, 0) is 76.0 Å². The molecule has 0 unspecified atom stereocenters. The van der Waals surface area contributed by atoms with Crippen molar-refractivity contribution >= 4 is 29.8 Å². The van der Waals surface area contributed by atoms with Crippen LogP contribution in [-0.4, -0.2) is 82.9 Å². The predicted molar refractivity (Wildman–Crippen MR) is 210 cm³/mol. The number of ether oxygens (including phenoxy) is 2. The Morgan fingerprint density at radius 2 is 1.35 bits per heavy atom. The maximum atomic E-state index is 14.6. The van der Waals surface area contributed by atoms with Crippen LogP contribution >= 0.6 is 0 Å². The molecular formula is C44H56N4O7. The van der Waals surface area contributed by atoms with Crippen LogP contribution in [0.15, 0.2) is 91.0 Å². The lowest BCUT2D eigenvalue weighted by Gasteiger charge is -2.36. The fourth-order valence-corrected chi connectivity index (χ4v) is 7.52. The van der Waals surface area contributed by atoms with Gasteiger partial charge >= 0.3 is 12.1 Å². The summed E-state index contributed by atoms with van der Waals surface area (Å²) in [4.78, 5) is 72.5. The molecule has 11 nitrogen and oxygen atoms in total. The van der Waals surface area contributed by atoms with E-state index in [0.717, 1.165) is 48.8 Å². The van der Waals surface area contributed by atoms with Crippen molar-refractivity contribution in [3.8, 4) is 0 Å². The Kier molecular flexibility index (Phi) is 14.1. The molecule has 1 aliphatic carbocycles. The van der Waals surface area contributed by atoms with Crippen LogP contribution in [0.4, 0.5) is 4.79 Å². The summed E-state index contributed by atoms with van der Waals surface area (Å²) in [6.07, 6.45) is 4.73. The number of nitrogens with one attached hydrogen (secondary N) is 2. The molecule has 2 N–H and O–H groups in total. The Hall–Kier alpha value is -5.19. The lowest BCUT2D eigenvalue weighted by Crippen LogP contribution is -2.59. The van der Waals surface area contributed by atoms with Gasteiger partial charge in [-0.2, -0.15) is 0 Å². The van der Waals surface area contributed by atoms with Crippen molar-refractivity contribution in [2.24, 2.45) is 5.92 Å². The summed E-state index contributed by atoms with van der Waals surface area (Å²) in [5, 5.41) is 6.04. The number of likely N-dealkylation sites (tertiary alicyclic amines) is 1. The zero-order valence-electron chi connectivity index (χ0n) is 32.7. The van der Waals surface area contributed by atoms with Gasteiger partial charge in [-0.15, -0.1) is 0 Å². The molecule has 4 atom stereocenters.